The second-order valence-corrected chi connectivity index (χ2v) is 3.36. The molecule has 0 N–H and O–H groups in total. The van der Waals surface area contributed by atoms with Crippen LogP contribution in [0.4, 0.5) is 0 Å². The first-order valence-corrected chi connectivity index (χ1v) is 4.83. The normalized spacial score (nSPS) is 10.7. The summed E-state index contributed by atoms with van der Waals surface area (Å²) in [5, 5.41) is 0. The van der Waals surface area contributed by atoms with Crippen LogP contribution >= 0.6 is 0 Å². The minimum absolute atomic E-state index is 0.830. The van der Waals surface area contributed by atoms with Crippen LogP contribution in [0.15, 0.2) is 59.1 Å². The Morgan fingerprint density at radius 1 is 0.933 bits per heavy atom. The van der Waals surface area contributed by atoms with Crippen molar-refractivity contribution in [1.29, 1.82) is 0 Å². The van der Waals surface area contributed by atoms with E-state index < -0.39 is 0 Å². The molecule has 0 unspecified atom stereocenters. The highest BCUT2D eigenvalue weighted by molar-refractivity contribution is 5.78. The Bertz CT molecular complexity index is 551. The average Bonchev–Trinajstić information content (AvgIpc) is 2.74. The van der Waals surface area contributed by atoms with Gasteiger partial charge in [-0.15, -0.1) is 0 Å². The van der Waals surface area contributed by atoms with Gasteiger partial charge in [0.2, 0.25) is 0 Å². The standard InChI is InChI=1S/C13H9NO/c1-2-5-10(6-3-1)13-9-11-12(15-13)7-4-8-14-11/h1-9H. The molecule has 0 spiro atoms. The molecule has 3 aromatic rings. The Labute approximate surface area is 87.2 Å². The van der Waals surface area contributed by atoms with Gasteiger partial charge in [-0.2, -0.15) is 0 Å². The summed E-state index contributed by atoms with van der Waals surface area (Å²) in [6.07, 6.45) is 1.77. The topological polar surface area (TPSA) is 26.0 Å². The van der Waals surface area contributed by atoms with Gasteiger partial charge in [-0.25, -0.2) is 0 Å². The van der Waals surface area contributed by atoms with Gasteiger partial charge >= 0.3 is 0 Å². The fraction of sp³-hybridized carbons (Fsp3) is 0. The molecule has 0 saturated carbocycles. The molecule has 72 valence electrons. The number of rotatable bonds is 1. The highest BCUT2D eigenvalue weighted by Gasteiger charge is 2.04. The van der Waals surface area contributed by atoms with E-state index in [4.69, 9.17) is 4.42 Å². The Morgan fingerprint density at radius 2 is 1.80 bits per heavy atom. The third-order valence-electron chi connectivity index (χ3n) is 2.35. The van der Waals surface area contributed by atoms with Crippen molar-refractivity contribution in [1.82, 2.24) is 4.98 Å². The molecular formula is C13H9NO. The first kappa shape index (κ1) is 8.24. The zero-order valence-corrected chi connectivity index (χ0v) is 8.05. The molecule has 1 aromatic carbocycles. The molecule has 2 nitrogen and oxygen atoms in total. The van der Waals surface area contributed by atoms with Crippen LogP contribution in [0, 0.1) is 0 Å². The molecule has 0 fully saturated rings. The predicted molar refractivity (Wildman–Crippen MR) is 59.4 cm³/mol. The van der Waals surface area contributed by atoms with Crippen LogP contribution < -0.4 is 0 Å². The Morgan fingerprint density at radius 3 is 2.60 bits per heavy atom. The summed E-state index contributed by atoms with van der Waals surface area (Å²) in [6, 6.07) is 15.8. The smallest absolute Gasteiger partial charge is 0.153 e. The Hall–Kier alpha value is -2.09. The van der Waals surface area contributed by atoms with Gasteiger partial charge in [0.15, 0.2) is 5.58 Å². The van der Waals surface area contributed by atoms with Gasteiger partial charge in [-0.05, 0) is 12.1 Å². The van der Waals surface area contributed by atoms with Crippen LogP contribution in [0.3, 0.4) is 0 Å². The molecule has 0 amide bonds. The number of furan rings is 1. The molecule has 0 bridgehead atoms. The van der Waals surface area contributed by atoms with Crippen molar-refractivity contribution < 1.29 is 4.42 Å². The number of aromatic nitrogens is 1. The van der Waals surface area contributed by atoms with Gasteiger partial charge in [0, 0.05) is 17.8 Å². The van der Waals surface area contributed by atoms with E-state index in [9.17, 15) is 0 Å². The monoisotopic (exact) mass is 195 g/mol. The van der Waals surface area contributed by atoms with Crippen LogP contribution in [0.2, 0.25) is 0 Å². The molecule has 15 heavy (non-hydrogen) atoms. The quantitative estimate of drug-likeness (QED) is 0.594. The molecule has 3 rings (SSSR count). The minimum atomic E-state index is 0.830. The van der Waals surface area contributed by atoms with Gasteiger partial charge in [0.25, 0.3) is 0 Å². The maximum atomic E-state index is 5.69. The summed E-state index contributed by atoms with van der Waals surface area (Å²) in [4.78, 5) is 4.23. The summed E-state index contributed by atoms with van der Waals surface area (Å²) in [5.74, 6) is 0.865. The number of hydrogen-bond acceptors (Lipinski definition) is 2. The molecule has 0 aliphatic carbocycles. The van der Waals surface area contributed by atoms with E-state index in [1.54, 1.807) is 6.20 Å². The fourth-order valence-electron chi connectivity index (χ4n) is 1.61. The average molecular weight is 195 g/mol. The van der Waals surface area contributed by atoms with E-state index in [0.29, 0.717) is 0 Å². The SMILES string of the molecule is c1ccc(-c2cc3ncccc3o2)cc1. The number of nitrogens with zero attached hydrogens (tertiary/aromatic N) is 1. The van der Waals surface area contributed by atoms with Gasteiger partial charge in [-0.1, -0.05) is 30.3 Å². The van der Waals surface area contributed by atoms with E-state index in [1.165, 1.54) is 0 Å². The Kier molecular flexibility index (Phi) is 1.78. The van der Waals surface area contributed by atoms with Crippen LogP contribution in [-0.4, -0.2) is 4.98 Å². The maximum Gasteiger partial charge on any atom is 0.153 e. The van der Waals surface area contributed by atoms with Gasteiger partial charge in [-0.3, -0.25) is 4.98 Å². The van der Waals surface area contributed by atoms with Gasteiger partial charge < -0.3 is 4.42 Å². The van der Waals surface area contributed by atoms with Crippen molar-refractivity contribution in [2.75, 3.05) is 0 Å². The number of pyridine rings is 1. The lowest BCUT2D eigenvalue weighted by atomic mass is 10.2. The Balaban J connectivity index is 2.21. The zero-order chi connectivity index (χ0) is 10.1. The van der Waals surface area contributed by atoms with E-state index >= 15 is 0 Å². The summed E-state index contributed by atoms with van der Waals surface area (Å²) in [6.45, 7) is 0. The van der Waals surface area contributed by atoms with Gasteiger partial charge in [0.05, 0.1) is 0 Å². The zero-order valence-electron chi connectivity index (χ0n) is 8.05. The van der Waals surface area contributed by atoms with Crippen molar-refractivity contribution in [2.45, 2.75) is 0 Å². The lowest BCUT2D eigenvalue weighted by Gasteiger charge is -1.93. The van der Waals surface area contributed by atoms with E-state index in [2.05, 4.69) is 4.98 Å². The first-order valence-electron chi connectivity index (χ1n) is 4.83. The highest BCUT2D eigenvalue weighted by Crippen LogP contribution is 2.25. The second kappa shape index (κ2) is 3.24. The largest absolute Gasteiger partial charge is 0.454 e. The lowest BCUT2D eigenvalue weighted by molar-refractivity contribution is 0.631. The van der Waals surface area contributed by atoms with Crippen molar-refractivity contribution in [3.05, 3.63) is 54.7 Å². The van der Waals surface area contributed by atoms with Crippen molar-refractivity contribution >= 4 is 11.1 Å². The number of benzene rings is 1. The molecule has 2 heterocycles. The first-order chi connectivity index (χ1) is 7.43. The van der Waals surface area contributed by atoms with Crippen molar-refractivity contribution in [3.8, 4) is 11.3 Å². The van der Waals surface area contributed by atoms with Gasteiger partial charge in [0.1, 0.15) is 11.3 Å². The van der Waals surface area contributed by atoms with Crippen molar-refractivity contribution in [2.24, 2.45) is 0 Å². The molecule has 0 aliphatic heterocycles. The van der Waals surface area contributed by atoms with Crippen molar-refractivity contribution in [3.63, 3.8) is 0 Å². The van der Waals surface area contributed by atoms with Crippen LogP contribution in [0.1, 0.15) is 0 Å². The summed E-state index contributed by atoms with van der Waals surface area (Å²) < 4.78 is 5.69. The van der Waals surface area contributed by atoms with Crippen LogP contribution in [0.5, 0.6) is 0 Å². The van der Waals surface area contributed by atoms with Crippen LogP contribution in [-0.2, 0) is 0 Å². The summed E-state index contributed by atoms with van der Waals surface area (Å²) >= 11 is 0. The molecular weight excluding hydrogens is 186 g/mol. The maximum absolute atomic E-state index is 5.69. The van der Waals surface area contributed by atoms with E-state index in [1.807, 2.05) is 48.5 Å². The predicted octanol–water partition coefficient (Wildman–Crippen LogP) is 3.49. The van der Waals surface area contributed by atoms with E-state index in [-0.39, 0.29) is 0 Å². The third kappa shape index (κ3) is 1.40. The summed E-state index contributed by atoms with van der Waals surface area (Å²) in [5.41, 5.74) is 2.81. The number of hydrogen-bond donors (Lipinski definition) is 0. The van der Waals surface area contributed by atoms with E-state index in [0.717, 1.165) is 22.4 Å². The molecule has 0 radical (unpaired) electrons. The second-order valence-electron chi connectivity index (χ2n) is 3.36. The molecule has 0 saturated heterocycles. The fourth-order valence-corrected chi connectivity index (χ4v) is 1.61. The lowest BCUT2D eigenvalue weighted by Crippen LogP contribution is -1.69. The molecule has 0 aliphatic rings. The summed E-state index contributed by atoms with van der Waals surface area (Å²) in [7, 11) is 0. The molecule has 0 atom stereocenters. The molecule has 2 aromatic heterocycles. The molecule has 2 heteroatoms. The highest BCUT2D eigenvalue weighted by atomic mass is 16.3. The minimum Gasteiger partial charge on any atom is -0.454 e. The van der Waals surface area contributed by atoms with Crippen LogP contribution in [0.25, 0.3) is 22.4 Å². The number of fused-ring (bicyclic) bond motifs is 1. The third-order valence-corrected chi connectivity index (χ3v) is 2.35.